The van der Waals surface area contributed by atoms with Gasteiger partial charge in [0.05, 0.1) is 11.7 Å². The van der Waals surface area contributed by atoms with Crippen LogP contribution in [0.3, 0.4) is 0 Å². The molecule has 17 heavy (non-hydrogen) atoms. The molecule has 1 aromatic carbocycles. The molecule has 2 aromatic heterocycles. The number of aromatic carboxylic acids is 1. The molecular weight excluding hydrogens is 222 g/mol. The summed E-state index contributed by atoms with van der Waals surface area (Å²) in [5.74, 6) is -1.31. The average molecular weight is 229 g/mol. The third-order valence-corrected chi connectivity index (χ3v) is 2.46. The van der Waals surface area contributed by atoms with Crippen LogP contribution in [-0.2, 0) is 0 Å². The highest BCUT2D eigenvalue weighted by Crippen LogP contribution is 2.23. The molecule has 0 fully saturated rings. The summed E-state index contributed by atoms with van der Waals surface area (Å²) >= 11 is 0. The second kappa shape index (κ2) is 3.44. The van der Waals surface area contributed by atoms with E-state index in [1.807, 2.05) is 18.2 Å². The van der Waals surface area contributed by atoms with E-state index in [-0.39, 0.29) is 5.76 Å². The Bertz CT molecular complexity index is 699. The Hall–Kier alpha value is -2.63. The summed E-state index contributed by atoms with van der Waals surface area (Å²) in [6.07, 6.45) is 1.69. The Morgan fingerprint density at radius 1 is 1.35 bits per heavy atom. The number of rotatable bonds is 2. The van der Waals surface area contributed by atoms with Crippen LogP contribution >= 0.6 is 0 Å². The van der Waals surface area contributed by atoms with Crippen molar-refractivity contribution < 1.29 is 14.4 Å². The third-order valence-electron chi connectivity index (χ3n) is 2.46. The number of aromatic amines is 1. The maximum atomic E-state index is 10.7. The first-order valence-corrected chi connectivity index (χ1v) is 4.87. The maximum Gasteiger partial charge on any atom is 0.374 e. The molecule has 0 saturated heterocycles. The fourth-order valence-electron chi connectivity index (χ4n) is 1.61. The molecule has 0 aliphatic carbocycles. The Balaban J connectivity index is 2.09. The standard InChI is InChI=1S/C11H7N3O3/c15-11(16)10-4-9(14-17-10)6-1-2-8-7(3-6)5-12-13-8/h1-5H,(H,12,13)(H,15,16). The van der Waals surface area contributed by atoms with Crippen molar-refractivity contribution in [2.45, 2.75) is 0 Å². The van der Waals surface area contributed by atoms with Gasteiger partial charge >= 0.3 is 5.97 Å². The molecular formula is C11H7N3O3. The first-order valence-electron chi connectivity index (χ1n) is 4.87. The van der Waals surface area contributed by atoms with Gasteiger partial charge < -0.3 is 9.63 Å². The number of benzene rings is 1. The molecule has 0 saturated carbocycles. The molecule has 0 aliphatic heterocycles. The highest BCUT2D eigenvalue weighted by atomic mass is 16.5. The number of aromatic nitrogens is 3. The highest BCUT2D eigenvalue weighted by molar-refractivity contribution is 5.87. The van der Waals surface area contributed by atoms with E-state index >= 15 is 0 Å². The van der Waals surface area contributed by atoms with Gasteiger partial charge in [0.25, 0.3) is 0 Å². The number of carboxylic acid groups (broad SMARTS) is 1. The van der Waals surface area contributed by atoms with E-state index in [9.17, 15) is 4.79 Å². The van der Waals surface area contributed by atoms with Crippen molar-refractivity contribution in [3.63, 3.8) is 0 Å². The summed E-state index contributed by atoms with van der Waals surface area (Å²) < 4.78 is 4.70. The summed E-state index contributed by atoms with van der Waals surface area (Å²) in [7, 11) is 0. The molecule has 0 radical (unpaired) electrons. The molecule has 0 unspecified atom stereocenters. The van der Waals surface area contributed by atoms with Gasteiger partial charge in [-0.25, -0.2) is 4.79 Å². The molecule has 0 aliphatic rings. The van der Waals surface area contributed by atoms with E-state index in [1.54, 1.807) is 6.20 Å². The smallest absolute Gasteiger partial charge is 0.374 e. The summed E-state index contributed by atoms with van der Waals surface area (Å²) in [5, 5.41) is 20.1. The lowest BCUT2D eigenvalue weighted by Gasteiger charge is -1.94. The number of nitrogens with zero attached hydrogens (tertiary/aromatic N) is 2. The van der Waals surface area contributed by atoms with E-state index < -0.39 is 5.97 Å². The Morgan fingerprint density at radius 2 is 2.24 bits per heavy atom. The minimum Gasteiger partial charge on any atom is -0.475 e. The Labute approximate surface area is 94.9 Å². The van der Waals surface area contributed by atoms with Crippen molar-refractivity contribution in [1.82, 2.24) is 15.4 Å². The third kappa shape index (κ3) is 1.55. The zero-order chi connectivity index (χ0) is 11.8. The normalized spacial score (nSPS) is 10.8. The van der Waals surface area contributed by atoms with Gasteiger partial charge in [0.2, 0.25) is 5.76 Å². The van der Waals surface area contributed by atoms with Crippen molar-refractivity contribution in [3.05, 3.63) is 36.2 Å². The fraction of sp³-hybridized carbons (Fsp3) is 0. The van der Waals surface area contributed by atoms with Crippen LogP contribution in [0, 0.1) is 0 Å². The van der Waals surface area contributed by atoms with Crippen LogP contribution in [0.4, 0.5) is 0 Å². The second-order valence-electron chi connectivity index (χ2n) is 3.55. The molecule has 3 aromatic rings. The lowest BCUT2D eigenvalue weighted by Crippen LogP contribution is -1.91. The summed E-state index contributed by atoms with van der Waals surface area (Å²) in [5.41, 5.74) is 2.19. The molecule has 0 amide bonds. The second-order valence-corrected chi connectivity index (χ2v) is 3.55. The van der Waals surface area contributed by atoms with Gasteiger partial charge in [-0.15, -0.1) is 0 Å². The zero-order valence-corrected chi connectivity index (χ0v) is 8.54. The molecule has 2 heterocycles. The largest absolute Gasteiger partial charge is 0.475 e. The van der Waals surface area contributed by atoms with Crippen LogP contribution in [0.1, 0.15) is 10.6 Å². The molecule has 6 heteroatoms. The maximum absolute atomic E-state index is 10.7. The lowest BCUT2D eigenvalue weighted by molar-refractivity contribution is 0.0652. The number of carboxylic acids is 1. The van der Waals surface area contributed by atoms with E-state index in [1.165, 1.54) is 6.07 Å². The van der Waals surface area contributed by atoms with Gasteiger partial charge in [0, 0.05) is 17.0 Å². The van der Waals surface area contributed by atoms with Gasteiger partial charge in [-0.05, 0) is 12.1 Å². The summed E-state index contributed by atoms with van der Waals surface area (Å²) in [6, 6.07) is 6.93. The van der Waals surface area contributed by atoms with Crippen LogP contribution in [0.5, 0.6) is 0 Å². The molecule has 3 rings (SSSR count). The van der Waals surface area contributed by atoms with E-state index in [0.29, 0.717) is 5.69 Å². The monoisotopic (exact) mass is 229 g/mol. The average Bonchev–Trinajstić information content (AvgIpc) is 2.97. The van der Waals surface area contributed by atoms with Crippen LogP contribution in [0.25, 0.3) is 22.2 Å². The molecule has 0 atom stereocenters. The van der Waals surface area contributed by atoms with Gasteiger partial charge in [-0.3, -0.25) is 5.10 Å². The lowest BCUT2D eigenvalue weighted by atomic mass is 10.1. The predicted molar refractivity (Wildman–Crippen MR) is 58.6 cm³/mol. The number of nitrogens with one attached hydrogen (secondary N) is 1. The van der Waals surface area contributed by atoms with Crippen molar-refractivity contribution in [2.75, 3.05) is 0 Å². The molecule has 6 nitrogen and oxygen atoms in total. The van der Waals surface area contributed by atoms with Crippen molar-refractivity contribution >= 4 is 16.9 Å². The molecule has 0 bridgehead atoms. The van der Waals surface area contributed by atoms with Crippen LogP contribution < -0.4 is 0 Å². The van der Waals surface area contributed by atoms with Crippen molar-refractivity contribution in [2.24, 2.45) is 0 Å². The van der Waals surface area contributed by atoms with Crippen LogP contribution in [0.2, 0.25) is 0 Å². The fourth-order valence-corrected chi connectivity index (χ4v) is 1.61. The SMILES string of the molecule is O=C(O)c1cc(-c2ccc3[nH]ncc3c2)no1. The number of fused-ring (bicyclic) bond motifs is 1. The highest BCUT2D eigenvalue weighted by Gasteiger charge is 2.12. The van der Waals surface area contributed by atoms with Crippen LogP contribution in [0.15, 0.2) is 35.0 Å². The Morgan fingerprint density at radius 3 is 3.00 bits per heavy atom. The van der Waals surface area contributed by atoms with E-state index in [2.05, 4.69) is 15.4 Å². The predicted octanol–water partition coefficient (Wildman–Crippen LogP) is 1.92. The molecule has 2 N–H and O–H groups in total. The summed E-state index contributed by atoms with van der Waals surface area (Å²) in [4.78, 5) is 10.7. The number of hydrogen-bond acceptors (Lipinski definition) is 4. The summed E-state index contributed by atoms with van der Waals surface area (Å²) in [6.45, 7) is 0. The van der Waals surface area contributed by atoms with E-state index in [0.717, 1.165) is 16.5 Å². The number of hydrogen-bond donors (Lipinski definition) is 2. The minimum atomic E-state index is -1.13. The first-order chi connectivity index (χ1) is 8.24. The quantitative estimate of drug-likeness (QED) is 0.700. The van der Waals surface area contributed by atoms with Crippen molar-refractivity contribution in [1.29, 1.82) is 0 Å². The van der Waals surface area contributed by atoms with Crippen molar-refractivity contribution in [3.8, 4) is 11.3 Å². The minimum absolute atomic E-state index is 0.174. The number of carbonyl (C=O) groups is 1. The molecule has 84 valence electrons. The van der Waals surface area contributed by atoms with Gasteiger partial charge in [-0.2, -0.15) is 5.10 Å². The van der Waals surface area contributed by atoms with Gasteiger partial charge in [0.1, 0.15) is 5.69 Å². The molecule has 0 spiro atoms. The topological polar surface area (TPSA) is 92.0 Å². The van der Waals surface area contributed by atoms with Gasteiger partial charge in [0.15, 0.2) is 0 Å². The van der Waals surface area contributed by atoms with Gasteiger partial charge in [-0.1, -0.05) is 11.2 Å². The van der Waals surface area contributed by atoms with Crippen LogP contribution in [-0.4, -0.2) is 26.4 Å². The van der Waals surface area contributed by atoms with E-state index in [4.69, 9.17) is 9.63 Å². The first kappa shape index (κ1) is 9.59. The number of H-pyrrole nitrogens is 1. The zero-order valence-electron chi connectivity index (χ0n) is 8.54. The Kier molecular flexibility index (Phi) is 1.94.